The van der Waals surface area contributed by atoms with E-state index in [1.165, 1.54) is 24.4 Å². The zero-order valence-corrected chi connectivity index (χ0v) is 17.7. The van der Waals surface area contributed by atoms with E-state index in [2.05, 4.69) is 10.5 Å². The van der Waals surface area contributed by atoms with Crippen molar-refractivity contribution in [2.45, 2.75) is 20.8 Å². The highest BCUT2D eigenvalue weighted by atomic mass is 16.6. The predicted molar refractivity (Wildman–Crippen MR) is 118 cm³/mol. The molecule has 0 fully saturated rings. The Balaban J connectivity index is 2.15. The zero-order chi connectivity index (χ0) is 22.6. The Hall–Kier alpha value is -3.88. The number of hydrazone groups is 1. The maximum atomic E-state index is 12.5. The van der Waals surface area contributed by atoms with Gasteiger partial charge in [-0.25, -0.2) is 5.43 Å². The molecular weight excluding hydrogens is 402 g/mol. The Labute approximate surface area is 180 Å². The van der Waals surface area contributed by atoms with Crippen LogP contribution in [-0.2, 0) is 0 Å². The number of nitrogens with zero attached hydrogens (tertiary/aromatic N) is 2. The van der Waals surface area contributed by atoms with Gasteiger partial charge in [-0.3, -0.25) is 14.9 Å². The molecule has 31 heavy (non-hydrogen) atoms. The second-order valence-electron chi connectivity index (χ2n) is 5.99. The highest BCUT2D eigenvalue weighted by Gasteiger charge is 2.18. The molecule has 164 valence electrons. The average Bonchev–Trinajstić information content (AvgIpc) is 2.76. The van der Waals surface area contributed by atoms with Crippen LogP contribution >= 0.6 is 0 Å². The smallest absolute Gasteiger partial charge is 0.276 e. The predicted octanol–water partition coefficient (Wildman–Crippen LogP) is 4.22. The molecule has 0 saturated carbocycles. The van der Waals surface area contributed by atoms with Gasteiger partial charge in [0.15, 0.2) is 11.5 Å². The van der Waals surface area contributed by atoms with Crippen molar-refractivity contribution in [2.24, 2.45) is 5.10 Å². The molecule has 0 aliphatic carbocycles. The fourth-order valence-corrected chi connectivity index (χ4v) is 2.66. The number of ether oxygens (including phenoxy) is 3. The van der Waals surface area contributed by atoms with Gasteiger partial charge in [0.05, 0.1) is 30.3 Å². The lowest BCUT2D eigenvalue weighted by atomic mass is 10.1. The van der Waals surface area contributed by atoms with Gasteiger partial charge in [0.1, 0.15) is 0 Å². The van der Waals surface area contributed by atoms with Crippen molar-refractivity contribution in [3.8, 4) is 17.2 Å². The molecule has 0 unspecified atom stereocenters. The summed E-state index contributed by atoms with van der Waals surface area (Å²) in [6.07, 6.45) is 4.36. The molecule has 2 aromatic carbocycles. The third kappa shape index (κ3) is 6.56. The molecule has 0 aliphatic heterocycles. The molecule has 2 rings (SSSR count). The van der Waals surface area contributed by atoms with Gasteiger partial charge < -0.3 is 14.2 Å². The van der Waals surface area contributed by atoms with Crippen molar-refractivity contribution in [1.29, 1.82) is 0 Å². The Morgan fingerprint density at radius 3 is 2.26 bits per heavy atom. The lowest BCUT2D eigenvalue weighted by Gasteiger charge is -2.16. The molecule has 1 N–H and O–H groups in total. The van der Waals surface area contributed by atoms with E-state index in [9.17, 15) is 14.9 Å². The molecule has 1 amide bonds. The Morgan fingerprint density at radius 1 is 1.06 bits per heavy atom. The van der Waals surface area contributed by atoms with Crippen LogP contribution in [0.4, 0.5) is 5.69 Å². The van der Waals surface area contributed by atoms with Crippen LogP contribution < -0.4 is 19.6 Å². The Bertz CT molecular complexity index is 944. The van der Waals surface area contributed by atoms with E-state index in [0.29, 0.717) is 42.6 Å². The summed E-state index contributed by atoms with van der Waals surface area (Å²) in [6, 6.07) is 9.44. The largest absolute Gasteiger partial charge is 0.490 e. The molecule has 0 heterocycles. The highest BCUT2D eigenvalue weighted by molar-refractivity contribution is 5.96. The lowest BCUT2D eigenvalue weighted by molar-refractivity contribution is -0.385. The van der Waals surface area contributed by atoms with Gasteiger partial charge >= 0.3 is 0 Å². The highest BCUT2D eigenvalue weighted by Crippen LogP contribution is 2.39. The first-order valence-corrected chi connectivity index (χ1v) is 9.81. The maximum absolute atomic E-state index is 12.5. The molecule has 0 radical (unpaired) electrons. The quantitative estimate of drug-likeness (QED) is 0.326. The summed E-state index contributed by atoms with van der Waals surface area (Å²) in [7, 11) is 0. The first kappa shape index (κ1) is 23.4. The Morgan fingerprint density at radius 2 is 1.68 bits per heavy atom. The van der Waals surface area contributed by atoms with Crippen molar-refractivity contribution in [3.05, 3.63) is 63.7 Å². The second kappa shape index (κ2) is 12.0. The van der Waals surface area contributed by atoms with E-state index in [4.69, 9.17) is 14.2 Å². The molecule has 9 nitrogen and oxygen atoms in total. The van der Waals surface area contributed by atoms with E-state index in [0.717, 1.165) is 0 Å². The number of para-hydroxylation sites is 1. The summed E-state index contributed by atoms with van der Waals surface area (Å²) in [5, 5.41) is 14.9. The van der Waals surface area contributed by atoms with Crippen molar-refractivity contribution >= 4 is 23.9 Å². The van der Waals surface area contributed by atoms with Crippen LogP contribution in [0.25, 0.3) is 6.08 Å². The summed E-state index contributed by atoms with van der Waals surface area (Å²) in [5.74, 6) is 0.778. The number of nitro benzene ring substituents is 1. The first-order valence-electron chi connectivity index (χ1n) is 9.81. The van der Waals surface area contributed by atoms with Crippen LogP contribution in [-0.4, -0.2) is 36.9 Å². The van der Waals surface area contributed by atoms with Crippen LogP contribution in [0.3, 0.4) is 0 Å². The molecule has 0 bridgehead atoms. The number of nitro groups is 1. The molecule has 2 aromatic rings. The topological polar surface area (TPSA) is 112 Å². The van der Waals surface area contributed by atoms with E-state index in [1.807, 2.05) is 20.8 Å². The third-order valence-corrected chi connectivity index (χ3v) is 3.91. The fourth-order valence-electron chi connectivity index (χ4n) is 2.66. The number of carbonyl (C=O) groups excluding carboxylic acids is 1. The third-order valence-electron chi connectivity index (χ3n) is 3.91. The minimum Gasteiger partial charge on any atom is -0.490 e. The van der Waals surface area contributed by atoms with Gasteiger partial charge in [0.25, 0.3) is 11.6 Å². The lowest BCUT2D eigenvalue weighted by Crippen LogP contribution is -2.18. The SMILES string of the molecule is CCOc1cc(C(=O)N/N=C/C=C/c2ccccc2[N+](=O)[O-])cc(OCC)c1OCC. The number of hydrogen-bond donors (Lipinski definition) is 1. The van der Waals surface area contributed by atoms with E-state index in [-0.39, 0.29) is 11.3 Å². The van der Waals surface area contributed by atoms with Crippen LogP contribution in [0.2, 0.25) is 0 Å². The number of nitrogens with one attached hydrogen (secondary N) is 1. The minimum absolute atomic E-state index is 0.0162. The summed E-state index contributed by atoms with van der Waals surface area (Å²) in [4.78, 5) is 23.1. The van der Waals surface area contributed by atoms with Gasteiger partial charge in [0.2, 0.25) is 5.75 Å². The van der Waals surface area contributed by atoms with Crippen molar-refractivity contribution in [1.82, 2.24) is 5.43 Å². The van der Waals surface area contributed by atoms with Crippen molar-refractivity contribution in [3.63, 3.8) is 0 Å². The van der Waals surface area contributed by atoms with Crippen molar-refractivity contribution < 1.29 is 23.9 Å². The average molecular weight is 427 g/mol. The minimum atomic E-state index is -0.472. The van der Waals surface area contributed by atoms with E-state index in [1.54, 1.807) is 30.3 Å². The number of amides is 1. The molecular formula is C22H25N3O6. The fraction of sp³-hybridized carbons (Fsp3) is 0.273. The van der Waals surface area contributed by atoms with Gasteiger partial charge in [-0.1, -0.05) is 12.1 Å². The number of hydrogen-bond acceptors (Lipinski definition) is 7. The summed E-state index contributed by atoms with van der Waals surface area (Å²) >= 11 is 0. The summed E-state index contributed by atoms with van der Waals surface area (Å²) in [6.45, 7) is 6.71. The van der Waals surface area contributed by atoms with Crippen LogP contribution in [0, 0.1) is 10.1 Å². The van der Waals surface area contributed by atoms with Gasteiger partial charge in [0, 0.05) is 17.8 Å². The molecule has 9 heteroatoms. The zero-order valence-electron chi connectivity index (χ0n) is 17.7. The van der Waals surface area contributed by atoms with Crippen LogP contribution in [0.5, 0.6) is 17.2 Å². The van der Waals surface area contributed by atoms with Crippen LogP contribution in [0.1, 0.15) is 36.7 Å². The van der Waals surface area contributed by atoms with Crippen LogP contribution in [0.15, 0.2) is 47.6 Å². The van der Waals surface area contributed by atoms with Gasteiger partial charge in [-0.2, -0.15) is 5.10 Å². The van der Waals surface area contributed by atoms with Crippen molar-refractivity contribution in [2.75, 3.05) is 19.8 Å². The first-order chi connectivity index (χ1) is 15.0. The number of carbonyl (C=O) groups is 1. The molecule has 0 aliphatic rings. The molecule has 0 atom stereocenters. The summed E-state index contributed by atoms with van der Waals surface area (Å²) in [5.41, 5.74) is 3.11. The second-order valence-corrected chi connectivity index (χ2v) is 5.99. The summed E-state index contributed by atoms with van der Waals surface area (Å²) < 4.78 is 16.8. The number of benzene rings is 2. The molecule has 0 saturated heterocycles. The standard InChI is InChI=1S/C22H25N3O6/c1-4-29-19-14-17(15-20(30-5-2)21(19)31-6-3)22(26)24-23-13-9-11-16-10-7-8-12-18(16)25(27)28/h7-15H,4-6H2,1-3H3,(H,24,26)/b11-9+,23-13+. The van der Waals surface area contributed by atoms with Gasteiger partial charge in [-0.15, -0.1) is 0 Å². The molecule has 0 spiro atoms. The van der Waals surface area contributed by atoms with E-state index >= 15 is 0 Å². The molecule has 0 aromatic heterocycles. The number of allylic oxidation sites excluding steroid dienone is 1. The number of rotatable bonds is 11. The Kier molecular flexibility index (Phi) is 9.03. The van der Waals surface area contributed by atoms with E-state index < -0.39 is 10.8 Å². The van der Waals surface area contributed by atoms with Gasteiger partial charge in [-0.05, 0) is 51.1 Å². The maximum Gasteiger partial charge on any atom is 0.276 e. The normalized spacial score (nSPS) is 10.9. The monoisotopic (exact) mass is 427 g/mol.